The fourth-order valence-corrected chi connectivity index (χ4v) is 2.17. The molecule has 0 fully saturated rings. The summed E-state index contributed by atoms with van der Waals surface area (Å²) in [7, 11) is 1.65. The maximum Gasteiger partial charge on any atom is 0.138 e. The molecule has 0 saturated heterocycles. The van der Waals surface area contributed by atoms with Gasteiger partial charge in [-0.15, -0.1) is 0 Å². The number of benzene rings is 2. The fourth-order valence-electron chi connectivity index (χ4n) is 2.17. The Labute approximate surface area is 123 Å². The van der Waals surface area contributed by atoms with Gasteiger partial charge in [0.2, 0.25) is 0 Å². The van der Waals surface area contributed by atoms with E-state index in [2.05, 4.69) is 4.99 Å². The van der Waals surface area contributed by atoms with Gasteiger partial charge in [0.05, 0.1) is 24.6 Å². The Bertz CT molecular complexity index is 731. The van der Waals surface area contributed by atoms with Crippen molar-refractivity contribution in [2.45, 2.75) is 0 Å². The van der Waals surface area contributed by atoms with E-state index in [4.69, 9.17) is 9.15 Å². The number of rotatable bonds is 4. The molecule has 0 aliphatic heterocycles. The van der Waals surface area contributed by atoms with Gasteiger partial charge in [0.15, 0.2) is 0 Å². The molecule has 2 aromatic carbocycles. The van der Waals surface area contributed by atoms with Gasteiger partial charge in [-0.2, -0.15) is 0 Å². The summed E-state index contributed by atoms with van der Waals surface area (Å²) < 4.78 is 11.0. The van der Waals surface area contributed by atoms with Crippen molar-refractivity contribution >= 4 is 11.9 Å². The van der Waals surface area contributed by atoms with E-state index in [-0.39, 0.29) is 0 Å². The predicted octanol–water partition coefficient (Wildman–Crippen LogP) is 4.71. The molecule has 3 nitrogen and oxygen atoms in total. The van der Waals surface area contributed by atoms with Crippen molar-refractivity contribution in [1.29, 1.82) is 0 Å². The topological polar surface area (TPSA) is 34.7 Å². The minimum absolute atomic E-state index is 0.757. The maximum atomic E-state index is 5.54. The van der Waals surface area contributed by atoms with Crippen LogP contribution in [0.15, 0.2) is 76.3 Å². The molecule has 0 atom stereocenters. The van der Waals surface area contributed by atoms with Crippen molar-refractivity contribution < 1.29 is 9.15 Å². The number of hydrogen-bond acceptors (Lipinski definition) is 3. The second-order valence-corrected chi connectivity index (χ2v) is 4.50. The van der Waals surface area contributed by atoms with Crippen LogP contribution in [-0.4, -0.2) is 13.3 Å². The summed E-state index contributed by atoms with van der Waals surface area (Å²) in [6, 6.07) is 19.5. The zero-order valence-corrected chi connectivity index (χ0v) is 11.7. The third-order valence-corrected chi connectivity index (χ3v) is 3.15. The standard InChI is InChI=1S/C18H15NO2/c1-20-18-14(13-19-15-8-3-2-4-9-15)7-5-10-16(18)17-11-6-12-21-17/h2-13H,1H3/b19-13+. The van der Waals surface area contributed by atoms with E-state index < -0.39 is 0 Å². The Balaban J connectivity index is 1.99. The van der Waals surface area contributed by atoms with Crippen LogP contribution < -0.4 is 4.74 Å². The maximum absolute atomic E-state index is 5.54. The first-order valence-electron chi connectivity index (χ1n) is 6.68. The second kappa shape index (κ2) is 6.09. The Kier molecular flexibility index (Phi) is 3.83. The molecule has 104 valence electrons. The highest BCUT2D eigenvalue weighted by Gasteiger charge is 2.11. The number of hydrogen-bond donors (Lipinski definition) is 0. The van der Waals surface area contributed by atoms with Crippen LogP contribution >= 0.6 is 0 Å². The molecule has 0 amide bonds. The van der Waals surface area contributed by atoms with E-state index in [1.165, 1.54) is 0 Å². The van der Waals surface area contributed by atoms with E-state index in [0.717, 1.165) is 28.3 Å². The van der Waals surface area contributed by atoms with Crippen molar-refractivity contribution in [3.8, 4) is 17.1 Å². The number of furan rings is 1. The Morgan fingerprint density at radius 2 is 1.81 bits per heavy atom. The Hall–Kier alpha value is -2.81. The average Bonchev–Trinajstić information content (AvgIpc) is 3.07. The smallest absolute Gasteiger partial charge is 0.138 e. The van der Waals surface area contributed by atoms with Crippen LogP contribution in [0.3, 0.4) is 0 Å². The van der Waals surface area contributed by atoms with Gasteiger partial charge in [-0.1, -0.05) is 24.3 Å². The van der Waals surface area contributed by atoms with Crippen molar-refractivity contribution in [3.63, 3.8) is 0 Å². The number of methoxy groups -OCH3 is 1. The fraction of sp³-hybridized carbons (Fsp3) is 0.0556. The molecule has 3 aromatic rings. The Morgan fingerprint density at radius 1 is 0.952 bits per heavy atom. The van der Waals surface area contributed by atoms with E-state index in [9.17, 15) is 0 Å². The van der Waals surface area contributed by atoms with Crippen molar-refractivity contribution in [3.05, 3.63) is 72.5 Å². The summed E-state index contributed by atoms with van der Waals surface area (Å²) in [5.74, 6) is 1.54. The number of para-hydroxylation sites is 2. The minimum atomic E-state index is 0.757. The third kappa shape index (κ3) is 2.87. The normalized spacial score (nSPS) is 10.9. The molecule has 0 aliphatic carbocycles. The molecule has 0 unspecified atom stereocenters. The van der Waals surface area contributed by atoms with Gasteiger partial charge < -0.3 is 9.15 Å². The molecule has 0 saturated carbocycles. The van der Waals surface area contributed by atoms with Gasteiger partial charge in [0.1, 0.15) is 11.5 Å². The zero-order valence-electron chi connectivity index (χ0n) is 11.7. The summed E-state index contributed by atoms with van der Waals surface area (Å²) in [4.78, 5) is 4.47. The lowest BCUT2D eigenvalue weighted by Crippen LogP contribution is -1.93. The minimum Gasteiger partial charge on any atom is -0.495 e. The number of ether oxygens (including phenoxy) is 1. The first-order valence-corrected chi connectivity index (χ1v) is 6.68. The lowest BCUT2D eigenvalue weighted by molar-refractivity contribution is 0.414. The zero-order chi connectivity index (χ0) is 14.5. The van der Waals surface area contributed by atoms with Gasteiger partial charge in [0.25, 0.3) is 0 Å². The molecule has 1 heterocycles. The SMILES string of the molecule is COc1c(/C=N/c2ccccc2)cccc1-c1ccco1. The number of aliphatic imine (C=N–C) groups is 1. The highest BCUT2D eigenvalue weighted by atomic mass is 16.5. The lowest BCUT2D eigenvalue weighted by atomic mass is 10.1. The summed E-state index contributed by atoms with van der Waals surface area (Å²) in [6.45, 7) is 0. The van der Waals surface area contributed by atoms with Crippen LogP contribution in [0.5, 0.6) is 5.75 Å². The molecule has 3 heteroatoms. The summed E-state index contributed by atoms with van der Waals surface area (Å²) in [6.07, 6.45) is 3.46. The van der Waals surface area contributed by atoms with Crippen LogP contribution in [-0.2, 0) is 0 Å². The molecule has 0 N–H and O–H groups in total. The van der Waals surface area contributed by atoms with Crippen LogP contribution in [0.4, 0.5) is 5.69 Å². The molecule has 0 bridgehead atoms. The molecule has 0 aliphatic rings. The summed E-state index contributed by atoms with van der Waals surface area (Å²) in [5.41, 5.74) is 2.73. The quantitative estimate of drug-likeness (QED) is 0.647. The van der Waals surface area contributed by atoms with Gasteiger partial charge in [0, 0.05) is 11.8 Å². The largest absolute Gasteiger partial charge is 0.495 e. The molecular formula is C18H15NO2. The molecule has 0 spiro atoms. The van der Waals surface area contributed by atoms with Gasteiger partial charge in [-0.05, 0) is 36.4 Å². The number of nitrogens with zero attached hydrogens (tertiary/aromatic N) is 1. The first-order chi connectivity index (χ1) is 10.4. The summed E-state index contributed by atoms with van der Waals surface area (Å²) >= 11 is 0. The van der Waals surface area contributed by atoms with Crippen LogP contribution in [0.1, 0.15) is 5.56 Å². The van der Waals surface area contributed by atoms with Gasteiger partial charge >= 0.3 is 0 Å². The monoisotopic (exact) mass is 277 g/mol. The lowest BCUT2D eigenvalue weighted by Gasteiger charge is -2.09. The molecule has 1 aromatic heterocycles. The van der Waals surface area contributed by atoms with E-state index in [0.29, 0.717) is 0 Å². The predicted molar refractivity (Wildman–Crippen MR) is 84.4 cm³/mol. The van der Waals surface area contributed by atoms with Crippen LogP contribution in [0, 0.1) is 0 Å². The van der Waals surface area contributed by atoms with E-state index in [1.54, 1.807) is 19.6 Å². The van der Waals surface area contributed by atoms with Crippen LogP contribution in [0.2, 0.25) is 0 Å². The summed E-state index contributed by atoms with van der Waals surface area (Å²) in [5, 5.41) is 0. The first kappa shape index (κ1) is 13.2. The van der Waals surface area contributed by atoms with Crippen LogP contribution in [0.25, 0.3) is 11.3 Å². The molecule has 3 rings (SSSR count). The van der Waals surface area contributed by atoms with Crippen molar-refractivity contribution in [1.82, 2.24) is 0 Å². The van der Waals surface area contributed by atoms with Gasteiger partial charge in [-0.25, -0.2) is 0 Å². The van der Waals surface area contributed by atoms with Gasteiger partial charge in [-0.3, -0.25) is 4.99 Å². The van der Waals surface area contributed by atoms with E-state index in [1.807, 2.05) is 60.7 Å². The third-order valence-electron chi connectivity index (χ3n) is 3.15. The molecule has 0 radical (unpaired) electrons. The average molecular weight is 277 g/mol. The highest BCUT2D eigenvalue weighted by molar-refractivity contribution is 5.89. The molecule has 21 heavy (non-hydrogen) atoms. The highest BCUT2D eigenvalue weighted by Crippen LogP contribution is 2.32. The van der Waals surface area contributed by atoms with Crippen molar-refractivity contribution in [2.75, 3.05) is 7.11 Å². The van der Waals surface area contributed by atoms with E-state index >= 15 is 0 Å². The van der Waals surface area contributed by atoms with Crippen molar-refractivity contribution in [2.24, 2.45) is 4.99 Å². The Morgan fingerprint density at radius 3 is 2.52 bits per heavy atom. The molecular weight excluding hydrogens is 262 g/mol. The second-order valence-electron chi connectivity index (χ2n) is 4.50.